The molecular weight excluding hydrogens is 486 g/mol. The smallest absolute Gasteiger partial charge is 0.226 e. The van der Waals surface area contributed by atoms with Gasteiger partial charge in [0.15, 0.2) is 17.0 Å². The number of hydrogen-bond acceptors (Lipinski definition) is 6. The molecule has 1 N–H and O–H groups in total. The third-order valence-electron chi connectivity index (χ3n) is 7.21. The predicted molar refractivity (Wildman–Crippen MR) is 135 cm³/mol. The molecule has 0 bridgehead atoms. The van der Waals surface area contributed by atoms with Crippen LogP contribution in [0.4, 0.5) is 14.6 Å². The summed E-state index contributed by atoms with van der Waals surface area (Å²) in [6, 6.07) is 12.2. The molecule has 1 saturated heterocycles. The van der Waals surface area contributed by atoms with Crippen molar-refractivity contribution in [2.75, 3.05) is 31.1 Å². The Morgan fingerprint density at radius 3 is 2.08 bits per heavy atom. The molecule has 0 saturated carbocycles. The molecule has 1 fully saturated rings. The van der Waals surface area contributed by atoms with Crippen LogP contribution >= 0.6 is 11.6 Å². The topological polar surface area (TPSA) is 70.3 Å². The first-order valence-corrected chi connectivity index (χ1v) is 12.1. The number of imidazole rings is 1. The molecule has 3 heterocycles. The molecule has 0 amide bonds. The van der Waals surface area contributed by atoms with Crippen molar-refractivity contribution in [1.29, 1.82) is 0 Å². The first-order valence-electron chi connectivity index (χ1n) is 11.8. The fourth-order valence-electron chi connectivity index (χ4n) is 5.21. The first kappa shape index (κ1) is 24.5. The second-order valence-electron chi connectivity index (χ2n) is 9.23. The number of benzene rings is 2. The van der Waals surface area contributed by atoms with Gasteiger partial charge in [0.25, 0.3) is 0 Å². The second-order valence-corrected chi connectivity index (χ2v) is 9.57. The van der Waals surface area contributed by atoms with Crippen LogP contribution in [0.5, 0.6) is 0 Å². The van der Waals surface area contributed by atoms with Gasteiger partial charge in [-0.3, -0.25) is 4.90 Å². The van der Waals surface area contributed by atoms with Gasteiger partial charge >= 0.3 is 0 Å². The van der Waals surface area contributed by atoms with Crippen molar-refractivity contribution in [2.45, 2.75) is 25.4 Å². The molecule has 4 aromatic rings. The molecule has 2 aromatic heterocycles. The normalized spacial score (nSPS) is 17.2. The number of hydrogen-bond donors (Lipinski definition) is 1. The Morgan fingerprint density at radius 2 is 1.56 bits per heavy atom. The van der Waals surface area contributed by atoms with E-state index in [1.807, 2.05) is 18.5 Å². The fraction of sp³-hybridized carbons (Fsp3) is 0.346. The lowest BCUT2D eigenvalue weighted by atomic mass is 9.80. The van der Waals surface area contributed by atoms with Gasteiger partial charge in [0, 0.05) is 32.7 Å². The first-order chi connectivity index (χ1) is 17.2. The van der Waals surface area contributed by atoms with Gasteiger partial charge in [0.2, 0.25) is 5.28 Å². The van der Waals surface area contributed by atoms with Gasteiger partial charge in [-0.05, 0) is 60.8 Å². The Morgan fingerprint density at radius 1 is 0.972 bits per heavy atom. The molecule has 10 heteroatoms. The number of aryl methyl sites for hydroxylation is 2. The summed E-state index contributed by atoms with van der Waals surface area (Å²) in [5, 5.41) is 11.0. The highest BCUT2D eigenvalue weighted by atomic mass is 35.5. The number of aromatic nitrogens is 4. The maximum absolute atomic E-state index is 13.8. The number of rotatable bonds is 5. The monoisotopic (exact) mass is 512 g/mol. The molecule has 36 heavy (non-hydrogen) atoms. The van der Waals surface area contributed by atoms with E-state index in [1.165, 1.54) is 24.3 Å². The summed E-state index contributed by atoms with van der Waals surface area (Å²) >= 11 is 6.29. The average molecular weight is 513 g/mol. The lowest BCUT2D eigenvalue weighted by molar-refractivity contribution is 0.0432. The number of aliphatic hydroxyl groups is 1. The lowest BCUT2D eigenvalue weighted by Crippen LogP contribution is -2.60. The van der Waals surface area contributed by atoms with Crippen molar-refractivity contribution >= 4 is 28.6 Å². The van der Waals surface area contributed by atoms with E-state index in [4.69, 9.17) is 11.6 Å². The van der Waals surface area contributed by atoms with E-state index in [0.29, 0.717) is 36.6 Å². The number of halogens is 3. The van der Waals surface area contributed by atoms with Crippen molar-refractivity contribution in [2.24, 2.45) is 7.05 Å². The maximum atomic E-state index is 13.8. The molecule has 1 aliphatic heterocycles. The molecule has 7 nitrogen and oxygen atoms in total. The van der Waals surface area contributed by atoms with E-state index >= 15 is 0 Å². The molecule has 0 radical (unpaired) electrons. The van der Waals surface area contributed by atoms with Crippen LogP contribution in [0, 0.1) is 18.6 Å². The van der Waals surface area contributed by atoms with Crippen molar-refractivity contribution in [3.63, 3.8) is 0 Å². The highest BCUT2D eigenvalue weighted by Gasteiger charge is 2.43. The zero-order chi connectivity index (χ0) is 25.6. The Kier molecular flexibility index (Phi) is 6.40. The summed E-state index contributed by atoms with van der Waals surface area (Å²) in [6.45, 7) is 5.38. The summed E-state index contributed by atoms with van der Waals surface area (Å²) < 4.78 is 29.5. The minimum Gasteiger partial charge on any atom is -0.394 e. The van der Waals surface area contributed by atoms with Crippen molar-refractivity contribution in [1.82, 2.24) is 24.4 Å². The number of nitrogens with zero attached hydrogens (tertiary/aromatic N) is 6. The van der Waals surface area contributed by atoms with E-state index < -0.39 is 5.54 Å². The van der Waals surface area contributed by atoms with Gasteiger partial charge in [0.05, 0.1) is 12.1 Å². The SMILES string of the molecule is Cc1nc2c(N3CCN(C(CO)(c4ccc(F)cc4)c4ccc(F)cc4)CC3C)nc(Cl)nc2n1C. The van der Waals surface area contributed by atoms with Crippen molar-refractivity contribution in [3.05, 3.63) is 82.4 Å². The molecule has 1 aliphatic rings. The largest absolute Gasteiger partial charge is 0.394 e. The summed E-state index contributed by atoms with van der Waals surface area (Å²) in [4.78, 5) is 17.9. The highest BCUT2D eigenvalue weighted by Crippen LogP contribution is 2.39. The van der Waals surface area contributed by atoms with Crippen LogP contribution in [0.3, 0.4) is 0 Å². The van der Waals surface area contributed by atoms with E-state index in [1.54, 1.807) is 24.3 Å². The fourth-order valence-corrected chi connectivity index (χ4v) is 5.37. The highest BCUT2D eigenvalue weighted by molar-refractivity contribution is 6.28. The average Bonchev–Trinajstić information content (AvgIpc) is 3.15. The molecular formula is C26H27ClF2N6O. The van der Waals surface area contributed by atoms with Gasteiger partial charge in [0.1, 0.15) is 17.5 Å². The Hall–Kier alpha value is -3.14. The molecule has 0 spiro atoms. The Balaban J connectivity index is 1.55. The van der Waals surface area contributed by atoms with Gasteiger partial charge < -0.3 is 14.6 Å². The van der Waals surface area contributed by atoms with E-state index in [-0.39, 0.29) is 29.6 Å². The van der Waals surface area contributed by atoms with Gasteiger partial charge in [-0.2, -0.15) is 9.97 Å². The molecule has 5 rings (SSSR count). The standard InChI is InChI=1S/C26H27ClF2N6O/c1-16-14-34(12-13-35(16)24-22-23(31-25(27)32-24)33(3)17(2)30-22)26(15-36,18-4-8-20(28)9-5-18)19-6-10-21(29)11-7-19/h4-11,16,36H,12-15H2,1-3H3. The lowest BCUT2D eigenvalue weighted by Gasteiger charge is -2.50. The predicted octanol–water partition coefficient (Wildman–Crippen LogP) is 4.05. The molecule has 188 valence electrons. The number of piperazine rings is 1. The van der Waals surface area contributed by atoms with Gasteiger partial charge in [-0.25, -0.2) is 13.8 Å². The van der Waals surface area contributed by atoms with Crippen LogP contribution in [-0.4, -0.2) is 61.8 Å². The summed E-state index contributed by atoms with van der Waals surface area (Å²) in [5.74, 6) is 0.747. The summed E-state index contributed by atoms with van der Waals surface area (Å²) in [5.41, 5.74) is 1.82. The third-order valence-corrected chi connectivity index (χ3v) is 7.38. The zero-order valence-electron chi connectivity index (χ0n) is 20.3. The van der Waals surface area contributed by atoms with E-state index in [0.717, 1.165) is 17.0 Å². The second kappa shape index (κ2) is 9.38. The van der Waals surface area contributed by atoms with Crippen molar-refractivity contribution in [3.8, 4) is 0 Å². The Bertz CT molecular complexity index is 1350. The number of fused-ring (bicyclic) bond motifs is 1. The van der Waals surface area contributed by atoms with Gasteiger partial charge in [-0.1, -0.05) is 24.3 Å². The van der Waals surface area contributed by atoms with Crippen LogP contribution in [0.1, 0.15) is 23.9 Å². The zero-order valence-corrected chi connectivity index (χ0v) is 21.0. The van der Waals surface area contributed by atoms with Crippen molar-refractivity contribution < 1.29 is 13.9 Å². The third kappa shape index (κ3) is 4.01. The summed E-state index contributed by atoms with van der Waals surface area (Å²) in [7, 11) is 1.89. The number of anilines is 1. The molecule has 2 aromatic carbocycles. The van der Waals surface area contributed by atoms with Crippen LogP contribution in [0.15, 0.2) is 48.5 Å². The minimum atomic E-state index is -0.984. The van der Waals surface area contributed by atoms with E-state index in [2.05, 4.69) is 31.7 Å². The van der Waals surface area contributed by atoms with Crippen LogP contribution < -0.4 is 4.90 Å². The molecule has 0 aliphatic carbocycles. The van der Waals surface area contributed by atoms with E-state index in [9.17, 15) is 13.9 Å². The van der Waals surface area contributed by atoms with Crippen LogP contribution in [-0.2, 0) is 12.6 Å². The van der Waals surface area contributed by atoms with Gasteiger partial charge in [-0.15, -0.1) is 0 Å². The summed E-state index contributed by atoms with van der Waals surface area (Å²) in [6.07, 6.45) is 0. The quantitative estimate of drug-likeness (QED) is 0.407. The maximum Gasteiger partial charge on any atom is 0.226 e. The van der Waals surface area contributed by atoms with Crippen LogP contribution in [0.25, 0.3) is 11.2 Å². The molecule has 1 atom stereocenters. The molecule has 1 unspecified atom stereocenters. The Labute approximate surface area is 213 Å². The van der Waals surface area contributed by atoms with Crippen LogP contribution in [0.2, 0.25) is 5.28 Å². The number of aliphatic hydroxyl groups excluding tert-OH is 1. The minimum absolute atomic E-state index is 0.0398.